The van der Waals surface area contributed by atoms with Crippen molar-refractivity contribution in [1.82, 2.24) is 9.38 Å². The van der Waals surface area contributed by atoms with E-state index < -0.39 is 6.61 Å². The molecular weight excluding hydrogens is 462 g/mol. The quantitative estimate of drug-likeness (QED) is 0.392. The maximum atomic E-state index is 13.2. The number of ether oxygens (including phenoxy) is 5. The van der Waals surface area contributed by atoms with Crippen molar-refractivity contribution in [3.63, 3.8) is 0 Å². The standard InChI is InChI=1S/C25H26F2N2O6/c1-31-21-9-16(10-22(35-25(26)27)24(21)20(30)8-15-2-3-15)19-12-28-23-11-17(4-5-29(19)23)34-14-18-13-32-6-7-33-18/h4-5,9-12,15,18,25H,2-3,6-8,13-14H2,1H3/t18-/m1/s1. The van der Waals surface area contributed by atoms with Crippen LogP contribution in [-0.4, -0.2) is 61.4 Å². The van der Waals surface area contributed by atoms with Gasteiger partial charge in [0, 0.05) is 24.2 Å². The summed E-state index contributed by atoms with van der Waals surface area (Å²) in [5.74, 6) is 0.625. The molecule has 1 aliphatic heterocycles. The van der Waals surface area contributed by atoms with Crippen LogP contribution in [0.25, 0.3) is 16.9 Å². The molecule has 1 aliphatic carbocycles. The van der Waals surface area contributed by atoms with Gasteiger partial charge in [-0.25, -0.2) is 4.98 Å². The first-order valence-corrected chi connectivity index (χ1v) is 11.5. The van der Waals surface area contributed by atoms with E-state index in [2.05, 4.69) is 4.98 Å². The van der Waals surface area contributed by atoms with Crippen molar-refractivity contribution in [2.45, 2.75) is 32.0 Å². The van der Waals surface area contributed by atoms with E-state index in [1.165, 1.54) is 13.2 Å². The number of halogens is 2. The van der Waals surface area contributed by atoms with E-state index in [0.717, 1.165) is 12.8 Å². The largest absolute Gasteiger partial charge is 0.496 e. The number of fused-ring (bicyclic) bond motifs is 1. The molecule has 2 fully saturated rings. The molecule has 186 valence electrons. The Morgan fingerprint density at radius 1 is 1.23 bits per heavy atom. The lowest BCUT2D eigenvalue weighted by atomic mass is 10.00. The average Bonchev–Trinajstić information content (AvgIpc) is 3.57. The molecule has 1 aromatic carbocycles. The first kappa shape index (κ1) is 23.5. The van der Waals surface area contributed by atoms with Gasteiger partial charge in [-0.05, 0) is 37.0 Å². The number of aromatic nitrogens is 2. The van der Waals surface area contributed by atoms with Crippen molar-refractivity contribution < 1.29 is 37.3 Å². The Bertz CT molecular complexity index is 1200. The lowest BCUT2D eigenvalue weighted by Crippen LogP contribution is -2.33. The third-order valence-electron chi connectivity index (χ3n) is 6.05. The molecule has 2 aromatic heterocycles. The predicted octanol–water partition coefficient (Wildman–Crippen LogP) is 4.39. The van der Waals surface area contributed by atoms with Gasteiger partial charge in [0.25, 0.3) is 0 Å². The topological polar surface area (TPSA) is 80.5 Å². The van der Waals surface area contributed by atoms with Crippen molar-refractivity contribution in [2.75, 3.05) is 33.5 Å². The maximum Gasteiger partial charge on any atom is 0.387 e. The Hall–Kier alpha value is -3.24. The first-order valence-electron chi connectivity index (χ1n) is 11.5. The minimum Gasteiger partial charge on any atom is -0.496 e. The second-order valence-corrected chi connectivity index (χ2v) is 8.61. The van der Waals surface area contributed by atoms with Crippen LogP contribution >= 0.6 is 0 Å². The van der Waals surface area contributed by atoms with Crippen LogP contribution in [0.5, 0.6) is 17.2 Å². The molecular formula is C25H26F2N2O6. The van der Waals surface area contributed by atoms with Crippen LogP contribution in [0.2, 0.25) is 0 Å². The highest BCUT2D eigenvalue weighted by Gasteiger charge is 2.30. The Morgan fingerprint density at radius 3 is 2.77 bits per heavy atom. The van der Waals surface area contributed by atoms with Gasteiger partial charge < -0.3 is 23.7 Å². The van der Waals surface area contributed by atoms with Crippen LogP contribution < -0.4 is 14.2 Å². The fraction of sp³-hybridized carbons (Fsp3) is 0.440. The molecule has 0 radical (unpaired) electrons. The highest BCUT2D eigenvalue weighted by molar-refractivity contribution is 6.02. The lowest BCUT2D eigenvalue weighted by molar-refractivity contribution is -0.101. The number of benzene rings is 1. The SMILES string of the molecule is COc1cc(-c2cnc3cc(OC[C@H]4COCCO4)ccn23)cc(OC(F)F)c1C(=O)CC1CC1. The fourth-order valence-electron chi connectivity index (χ4n) is 4.14. The summed E-state index contributed by atoms with van der Waals surface area (Å²) in [5, 5.41) is 0. The zero-order valence-electron chi connectivity index (χ0n) is 19.2. The highest BCUT2D eigenvalue weighted by Crippen LogP contribution is 2.40. The van der Waals surface area contributed by atoms with Gasteiger partial charge in [0.2, 0.25) is 0 Å². The number of methoxy groups -OCH3 is 1. The molecule has 5 rings (SSSR count). The number of Topliss-reactive ketones (excluding diaryl/α,β-unsaturated/α-hetero) is 1. The molecule has 3 aromatic rings. The van der Waals surface area contributed by atoms with Gasteiger partial charge in [0.15, 0.2) is 5.78 Å². The summed E-state index contributed by atoms with van der Waals surface area (Å²) >= 11 is 0. The van der Waals surface area contributed by atoms with E-state index in [-0.39, 0.29) is 35.4 Å². The summed E-state index contributed by atoms with van der Waals surface area (Å²) in [6, 6.07) is 6.63. The monoisotopic (exact) mass is 488 g/mol. The minimum absolute atomic E-state index is 0.0434. The number of pyridine rings is 1. The molecule has 35 heavy (non-hydrogen) atoms. The van der Waals surface area contributed by atoms with Gasteiger partial charge in [-0.2, -0.15) is 8.78 Å². The molecule has 1 saturated heterocycles. The molecule has 10 heteroatoms. The van der Waals surface area contributed by atoms with Gasteiger partial charge in [0.05, 0.1) is 38.8 Å². The summed E-state index contributed by atoms with van der Waals surface area (Å²) in [7, 11) is 1.40. The van der Waals surface area contributed by atoms with E-state index in [0.29, 0.717) is 55.0 Å². The molecule has 8 nitrogen and oxygen atoms in total. The molecule has 2 aliphatic rings. The predicted molar refractivity (Wildman–Crippen MR) is 122 cm³/mol. The molecule has 0 amide bonds. The fourth-order valence-corrected chi connectivity index (χ4v) is 4.14. The maximum absolute atomic E-state index is 13.2. The molecule has 3 heterocycles. The Balaban J connectivity index is 1.44. The van der Waals surface area contributed by atoms with E-state index in [4.69, 9.17) is 23.7 Å². The minimum atomic E-state index is -3.08. The van der Waals surface area contributed by atoms with Crippen LogP contribution in [0.4, 0.5) is 8.78 Å². The Kier molecular flexibility index (Phi) is 6.83. The summed E-state index contributed by atoms with van der Waals surface area (Å²) in [6.45, 7) is -1.11. The average molecular weight is 488 g/mol. The lowest BCUT2D eigenvalue weighted by Gasteiger charge is -2.22. The summed E-state index contributed by atoms with van der Waals surface area (Å²) in [5.41, 5.74) is 1.79. The van der Waals surface area contributed by atoms with Gasteiger partial charge in [-0.15, -0.1) is 0 Å². The van der Waals surface area contributed by atoms with Crippen molar-refractivity contribution in [3.05, 3.63) is 42.2 Å². The number of carbonyl (C=O) groups is 1. The van der Waals surface area contributed by atoms with Crippen LogP contribution in [-0.2, 0) is 9.47 Å². The Labute approximate surface area is 200 Å². The molecule has 0 bridgehead atoms. The van der Waals surface area contributed by atoms with E-state index in [1.54, 1.807) is 35.0 Å². The first-order chi connectivity index (χ1) is 17.0. The zero-order valence-corrected chi connectivity index (χ0v) is 19.2. The van der Waals surface area contributed by atoms with Gasteiger partial charge in [-0.3, -0.25) is 9.20 Å². The van der Waals surface area contributed by atoms with Crippen LogP contribution in [0.15, 0.2) is 36.7 Å². The number of nitrogens with zero attached hydrogens (tertiary/aromatic N) is 2. The van der Waals surface area contributed by atoms with Crippen molar-refractivity contribution in [1.29, 1.82) is 0 Å². The number of alkyl halides is 2. The van der Waals surface area contributed by atoms with Crippen LogP contribution in [0.1, 0.15) is 29.6 Å². The molecule has 0 unspecified atom stereocenters. The van der Waals surface area contributed by atoms with Crippen molar-refractivity contribution >= 4 is 11.4 Å². The Morgan fingerprint density at radius 2 is 2.06 bits per heavy atom. The van der Waals surface area contributed by atoms with Crippen LogP contribution in [0, 0.1) is 5.92 Å². The number of hydrogen-bond acceptors (Lipinski definition) is 7. The van der Waals surface area contributed by atoms with Gasteiger partial charge in [0.1, 0.15) is 41.2 Å². The summed E-state index contributed by atoms with van der Waals surface area (Å²) in [4.78, 5) is 17.3. The highest BCUT2D eigenvalue weighted by atomic mass is 19.3. The van der Waals surface area contributed by atoms with Gasteiger partial charge in [-0.1, -0.05) is 0 Å². The van der Waals surface area contributed by atoms with Crippen molar-refractivity contribution in [3.8, 4) is 28.5 Å². The second kappa shape index (κ2) is 10.2. The van der Waals surface area contributed by atoms with Crippen LogP contribution in [0.3, 0.4) is 0 Å². The number of imidazole rings is 1. The van der Waals surface area contributed by atoms with Crippen molar-refractivity contribution in [2.24, 2.45) is 5.92 Å². The van der Waals surface area contributed by atoms with Gasteiger partial charge >= 0.3 is 6.61 Å². The molecule has 1 saturated carbocycles. The third kappa shape index (κ3) is 5.38. The zero-order chi connectivity index (χ0) is 24.4. The molecule has 0 N–H and O–H groups in total. The van der Waals surface area contributed by atoms with E-state index in [9.17, 15) is 13.6 Å². The number of hydrogen-bond donors (Lipinski definition) is 0. The smallest absolute Gasteiger partial charge is 0.387 e. The van der Waals surface area contributed by atoms with E-state index >= 15 is 0 Å². The third-order valence-corrected chi connectivity index (χ3v) is 6.05. The number of carbonyl (C=O) groups excluding carboxylic acids is 1. The number of ketones is 1. The van der Waals surface area contributed by atoms with E-state index in [1.807, 2.05) is 0 Å². The summed E-state index contributed by atoms with van der Waals surface area (Å²) in [6.07, 6.45) is 5.47. The normalized spacial score (nSPS) is 18.1. The molecule has 0 spiro atoms. The molecule has 1 atom stereocenters. The summed E-state index contributed by atoms with van der Waals surface area (Å²) < 4.78 is 55.2. The number of rotatable bonds is 10. The second-order valence-electron chi connectivity index (χ2n) is 8.61.